The molecule has 5 rings (SSSR count). The van der Waals surface area contributed by atoms with Crippen molar-refractivity contribution in [2.24, 2.45) is 0 Å². The van der Waals surface area contributed by atoms with Crippen molar-refractivity contribution in [2.45, 2.75) is 68.5 Å². The van der Waals surface area contributed by atoms with Gasteiger partial charge in [0.15, 0.2) is 5.76 Å². The van der Waals surface area contributed by atoms with E-state index in [0.717, 1.165) is 30.6 Å². The zero-order valence-corrected chi connectivity index (χ0v) is 20.4. The second kappa shape index (κ2) is 9.33. The molecule has 1 saturated carbocycles. The standard InChI is InChI=1S/C26H30N4O3S/c1-26(25(32)27-18-9-5-3-4-6-10-18)17-29-22(16-21(28-29)23-13-8-14-33-23)24(31)30(26)19-11-7-12-20(15-19)34-2/h7-8,11-16,18H,3-6,9-10,17H2,1-2H3,(H,27,32)/t26-/m1/s1. The Morgan fingerprint density at radius 3 is 2.65 bits per heavy atom. The van der Waals surface area contributed by atoms with Crippen molar-refractivity contribution >= 4 is 29.3 Å². The molecular weight excluding hydrogens is 448 g/mol. The molecule has 178 valence electrons. The van der Waals surface area contributed by atoms with Gasteiger partial charge in [-0.1, -0.05) is 31.7 Å². The lowest BCUT2D eigenvalue weighted by Crippen LogP contribution is -2.65. The Balaban J connectivity index is 1.55. The Hall–Kier alpha value is -3.00. The van der Waals surface area contributed by atoms with Crippen LogP contribution in [0.25, 0.3) is 11.5 Å². The first-order valence-electron chi connectivity index (χ1n) is 11.9. The fourth-order valence-electron chi connectivity index (χ4n) is 5.04. The zero-order chi connectivity index (χ0) is 23.7. The normalized spacial score (nSPS) is 21.2. The van der Waals surface area contributed by atoms with Gasteiger partial charge in [0, 0.05) is 22.7 Å². The summed E-state index contributed by atoms with van der Waals surface area (Å²) in [5.74, 6) is 0.214. The van der Waals surface area contributed by atoms with Crippen molar-refractivity contribution in [3.8, 4) is 11.5 Å². The second-order valence-electron chi connectivity index (χ2n) is 9.33. The lowest BCUT2D eigenvalue weighted by atomic mass is 9.93. The number of nitrogens with one attached hydrogen (secondary N) is 1. The second-order valence-corrected chi connectivity index (χ2v) is 10.2. The molecule has 1 aromatic carbocycles. The van der Waals surface area contributed by atoms with Gasteiger partial charge in [0.05, 0.1) is 12.8 Å². The van der Waals surface area contributed by atoms with E-state index in [9.17, 15) is 9.59 Å². The number of furan rings is 1. The third kappa shape index (κ3) is 4.15. The van der Waals surface area contributed by atoms with Gasteiger partial charge < -0.3 is 9.73 Å². The van der Waals surface area contributed by atoms with Gasteiger partial charge in [0.25, 0.3) is 5.91 Å². The molecule has 1 atom stereocenters. The molecule has 0 radical (unpaired) electrons. The highest BCUT2D eigenvalue weighted by Gasteiger charge is 2.49. The summed E-state index contributed by atoms with van der Waals surface area (Å²) in [6.45, 7) is 2.11. The van der Waals surface area contributed by atoms with Gasteiger partial charge in [-0.05, 0) is 56.4 Å². The van der Waals surface area contributed by atoms with Crippen LogP contribution in [0.4, 0.5) is 5.69 Å². The van der Waals surface area contributed by atoms with Crippen LogP contribution in [-0.4, -0.2) is 39.4 Å². The Bertz CT molecular complexity index is 1180. The molecule has 0 unspecified atom stereocenters. The number of amides is 2. The molecular formula is C26H30N4O3S. The Kier molecular flexibility index (Phi) is 6.25. The van der Waals surface area contributed by atoms with E-state index in [1.807, 2.05) is 43.5 Å². The molecule has 0 spiro atoms. The van der Waals surface area contributed by atoms with Gasteiger partial charge in [-0.25, -0.2) is 0 Å². The highest BCUT2D eigenvalue weighted by atomic mass is 32.2. The largest absolute Gasteiger partial charge is 0.463 e. The third-order valence-electron chi connectivity index (χ3n) is 6.92. The molecule has 8 heteroatoms. The molecule has 3 heterocycles. The number of rotatable bonds is 5. The molecule has 7 nitrogen and oxygen atoms in total. The van der Waals surface area contributed by atoms with Crippen LogP contribution in [0.1, 0.15) is 55.9 Å². The molecule has 2 aromatic heterocycles. The molecule has 3 aromatic rings. The van der Waals surface area contributed by atoms with E-state index < -0.39 is 5.54 Å². The van der Waals surface area contributed by atoms with E-state index in [4.69, 9.17) is 4.42 Å². The van der Waals surface area contributed by atoms with Gasteiger partial charge in [-0.3, -0.25) is 19.2 Å². The summed E-state index contributed by atoms with van der Waals surface area (Å²) < 4.78 is 7.16. The number of hydrogen-bond donors (Lipinski definition) is 1. The highest BCUT2D eigenvalue weighted by Crippen LogP contribution is 2.36. The maximum Gasteiger partial charge on any atom is 0.277 e. The average Bonchev–Trinajstić information content (AvgIpc) is 3.45. The van der Waals surface area contributed by atoms with Crippen LogP contribution in [-0.2, 0) is 11.3 Å². The fourth-order valence-corrected chi connectivity index (χ4v) is 5.50. The number of nitrogens with zero attached hydrogens (tertiary/aromatic N) is 3. The Morgan fingerprint density at radius 2 is 1.94 bits per heavy atom. The third-order valence-corrected chi connectivity index (χ3v) is 7.64. The number of aromatic nitrogens is 2. The smallest absolute Gasteiger partial charge is 0.277 e. The van der Waals surface area contributed by atoms with E-state index >= 15 is 0 Å². The van der Waals surface area contributed by atoms with Crippen LogP contribution in [0.5, 0.6) is 0 Å². The van der Waals surface area contributed by atoms with Crippen molar-refractivity contribution < 1.29 is 14.0 Å². The Morgan fingerprint density at radius 1 is 1.15 bits per heavy atom. The van der Waals surface area contributed by atoms with Crippen molar-refractivity contribution in [2.75, 3.05) is 11.2 Å². The van der Waals surface area contributed by atoms with Crippen molar-refractivity contribution in [1.29, 1.82) is 0 Å². The summed E-state index contributed by atoms with van der Waals surface area (Å²) in [6.07, 6.45) is 10.2. The van der Waals surface area contributed by atoms with E-state index in [1.54, 1.807) is 39.7 Å². The number of carbonyl (C=O) groups is 2. The lowest BCUT2D eigenvalue weighted by molar-refractivity contribution is -0.127. The lowest BCUT2D eigenvalue weighted by Gasteiger charge is -2.43. The first kappa shape index (κ1) is 22.8. The van der Waals surface area contributed by atoms with Crippen LogP contribution < -0.4 is 10.2 Å². The molecule has 1 N–H and O–H groups in total. The van der Waals surface area contributed by atoms with Crippen molar-refractivity contribution in [3.05, 3.63) is 54.4 Å². The predicted molar refractivity (Wildman–Crippen MR) is 133 cm³/mol. The molecule has 0 bridgehead atoms. The van der Waals surface area contributed by atoms with E-state index in [2.05, 4.69) is 10.4 Å². The summed E-state index contributed by atoms with van der Waals surface area (Å²) in [7, 11) is 0. The van der Waals surface area contributed by atoms with Crippen LogP contribution >= 0.6 is 11.8 Å². The van der Waals surface area contributed by atoms with Crippen LogP contribution in [0.3, 0.4) is 0 Å². The van der Waals surface area contributed by atoms with Crippen molar-refractivity contribution in [3.63, 3.8) is 0 Å². The van der Waals surface area contributed by atoms with E-state index in [1.165, 1.54) is 12.8 Å². The minimum atomic E-state index is -1.13. The van der Waals surface area contributed by atoms with Gasteiger partial charge in [0.1, 0.15) is 16.9 Å². The summed E-state index contributed by atoms with van der Waals surface area (Å²) in [6, 6.07) is 13.3. The SMILES string of the molecule is CSc1cccc(N2C(=O)c3cc(-c4ccco4)nn3C[C@]2(C)C(=O)NC2CCCCCC2)c1. The van der Waals surface area contributed by atoms with Crippen LogP contribution in [0.15, 0.2) is 58.0 Å². The molecule has 1 fully saturated rings. The average molecular weight is 479 g/mol. The minimum absolute atomic E-state index is 0.136. The topological polar surface area (TPSA) is 80.4 Å². The number of fused-ring (bicyclic) bond motifs is 1. The van der Waals surface area contributed by atoms with E-state index in [0.29, 0.717) is 22.8 Å². The zero-order valence-electron chi connectivity index (χ0n) is 19.6. The number of carbonyl (C=O) groups excluding carboxylic acids is 2. The van der Waals surface area contributed by atoms with Gasteiger partial charge in [0.2, 0.25) is 5.91 Å². The summed E-state index contributed by atoms with van der Waals surface area (Å²) in [4.78, 5) is 30.5. The minimum Gasteiger partial charge on any atom is -0.463 e. The Labute approximate surface area is 203 Å². The van der Waals surface area contributed by atoms with Gasteiger partial charge in [-0.2, -0.15) is 5.10 Å². The number of anilines is 1. The van der Waals surface area contributed by atoms with Crippen LogP contribution in [0.2, 0.25) is 0 Å². The van der Waals surface area contributed by atoms with Crippen LogP contribution in [0, 0.1) is 0 Å². The first-order valence-corrected chi connectivity index (χ1v) is 13.1. The molecule has 34 heavy (non-hydrogen) atoms. The predicted octanol–water partition coefficient (Wildman–Crippen LogP) is 5.12. The quantitative estimate of drug-likeness (QED) is 0.407. The fraction of sp³-hybridized carbons (Fsp3) is 0.423. The van der Waals surface area contributed by atoms with Gasteiger partial charge >= 0.3 is 0 Å². The summed E-state index contributed by atoms with van der Waals surface area (Å²) >= 11 is 1.61. The highest BCUT2D eigenvalue weighted by molar-refractivity contribution is 7.98. The molecule has 1 aliphatic heterocycles. The first-order chi connectivity index (χ1) is 16.5. The number of hydrogen-bond acceptors (Lipinski definition) is 5. The summed E-state index contributed by atoms with van der Waals surface area (Å²) in [5.41, 5.74) is 0.613. The maximum atomic E-state index is 13.9. The maximum absolute atomic E-state index is 13.9. The summed E-state index contributed by atoms with van der Waals surface area (Å²) in [5, 5.41) is 7.92. The molecule has 1 aliphatic carbocycles. The van der Waals surface area contributed by atoms with Gasteiger partial charge in [-0.15, -0.1) is 11.8 Å². The number of thioether (sulfide) groups is 1. The molecule has 2 aliphatic rings. The number of benzene rings is 1. The van der Waals surface area contributed by atoms with Crippen molar-refractivity contribution in [1.82, 2.24) is 15.1 Å². The molecule has 2 amide bonds. The molecule has 0 saturated heterocycles. The van der Waals surface area contributed by atoms with E-state index in [-0.39, 0.29) is 24.4 Å². The monoisotopic (exact) mass is 478 g/mol.